The van der Waals surface area contributed by atoms with E-state index in [4.69, 9.17) is 10.3 Å². The van der Waals surface area contributed by atoms with E-state index >= 15 is 0 Å². The minimum absolute atomic E-state index is 0.0422. The number of nitrogens with two attached hydrogens (primary N) is 1. The highest BCUT2D eigenvalue weighted by Crippen LogP contribution is 2.45. The third kappa shape index (κ3) is 4.01. The molecule has 2 heterocycles. The average molecular weight is 383 g/mol. The maximum atomic E-state index is 12.1. The van der Waals surface area contributed by atoms with Crippen LogP contribution in [0, 0.1) is 22.7 Å². The fraction of sp³-hybridized carbons (Fsp3) is 0.412. The summed E-state index contributed by atoms with van der Waals surface area (Å²) in [5.74, 6) is -0.146. The van der Waals surface area contributed by atoms with Gasteiger partial charge in [-0.2, -0.15) is 10.5 Å². The van der Waals surface area contributed by atoms with E-state index in [1.54, 1.807) is 4.68 Å². The predicted octanol–water partition coefficient (Wildman–Crippen LogP) is 1.32. The molecule has 9 nitrogen and oxygen atoms in total. The van der Waals surface area contributed by atoms with Gasteiger partial charge >= 0.3 is 5.88 Å². The van der Waals surface area contributed by atoms with Crippen LogP contribution in [0.4, 0.5) is 11.7 Å². The molecule has 1 aliphatic carbocycles. The number of nitrogen functional groups attached to an aromatic ring is 1. The zero-order valence-electron chi connectivity index (χ0n) is 14.8. The SMILES string of the molecule is CC(C)[n+]1cc(/N=C(/[O-])CSc2nc(N)c(C#N)c(C3CC3)c2C#N)on1. The van der Waals surface area contributed by atoms with E-state index in [2.05, 4.69) is 21.3 Å². The number of pyridine rings is 1. The molecule has 10 heteroatoms. The van der Waals surface area contributed by atoms with Crippen LogP contribution in [0.1, 0.15) is 55.3 Å². The van der Waals surface area contributed by atoms with Crippen molar-refractivity contribution in [2.45, 2.75) is 43.7 Å². The highest BCUT2D eigenvalue weighted by Gasteiger charge is 2.32. The molecule has 2 aromatic rings. The molecule has 0 spiro atoms. The van der Waals surface area contributed by atoms with E-state index in [9.17, 15) is 15.6 Å². The van der Waals surface area contributed by atoms with Gasteiger partial charge in [0.05, 0.1) is 11.1 Å². The van der Waals surface area contributed by atoms with Crippen molar-refractivity contribution in [3.05, 3.63) is 22.9 Å². The third-order valence-corrected chi connectivity index (χ3v) is 4.97. The van der Waals surface area contributed by atoms with Crippen molar-refractivity contribution in [3.63, 3.8) is 0 Å². The van der Waals surface area contributed by atoms with Crippen molar-refractivity contribution < 1.29 is 14.3 Å². The monoisotopic (exact) mass is 383 g/mol. The zero-order valence-corrected chi connectivity index (χ0v) is 15.7. The Balaban J connectivity index is 1.82. The molecule has 27 heavy (non-hydrogen) atoms. The molecular formula is C17H17N7O2S. The van der Waals surface area contributed by atoms with Crippen molar-refractivity contribution in [1.29, 1.82) is 10.5 Å². The summed E-state index contributed by atoms with van der Waals surface area (Å²) < 4.78 is 6.55. The van der Waals surface area contributed by atoms with Gasteiger partial charge in [-0.15, -0.1) is 0 Å². The molecule has 0 atom stereocenters. The predicted molar refractivity (Wildman–Crippen MR) is 95.0 cm³/mol. The number of aromatic nitrogens is 3. The second-order valence-corrected chi connectivity index (χ2v) is 7.34. The molecule has 0 aliphatic heterocycles. The summed E-state index contributed by atoms with van der Waals surface area (Å²) in [6, 6.07) is 4.24. The quantitative estimate of drug-likeness (QED) is 0.339. The number of thioether (sulfide) groups is 1. The Hall–Kier alpha value is -3.11. The lowest BCUT2D eigenvalue weighted by molar-refractivity contribution is -0.779. The number of hydrogen-bond acceptors (Lipinski definition) is 9. The number of nitrogens with zero attached hydrogens (tertiary/aromatic N) is 6. The molecule has 0 saturated heterocycles. The van der Waals surface area contributed by atoms with Crippen molar-refractivity contribution >= 4 is 29.4 Å². The summed E-state index contributed by atoms with van der Waals surface area (Å²) in [7, 11) is 0. The van der Waals surface area contributed by atoms with Gasteiger partial charge < -0.3 is 10.8 Å². The first-order valence-electron chi connectivity index (χ1n) is 8.33. The van der Waals surface area contributed by atoms with Gasteiger partial charge in [-0.05, 0) is 48.8 Å². The number of aliphatic imine (C=N–C) groups is 1. The molecule has 0 aromatic carbocycles. The Morgan fingerprint density at radius 3 is 2.70 bits per heavy atom. The summed E-state index contributed by atoms with van der Waals surface area (Å²) in [5, 5.41) is 35.1. The van der Waals surface area contributed by atoms with Gasteiger partial charge in [0.2, 0.25) is 5.27 Å². The summed E-state index contributed by atoms with van der Waals surface area (Å²) in [6.07, 6.45) is 3.36. The molecule has 0 bridgehead atoms. The van der Waals surface area contributed by atoms with Gasteiger partial charge in [-0.1, -0.05) is 11.8 Å². The van der Waals surface area contributed by atoms with E-state index in [-0.39, 0.29) is 35.0 Å². The maximum absolute atomic E-state index is 12.1. The Morgan fingerprint density at radius 1 is 1.44 bits per heavy atom. The number of hydrogen-bond donors (Lipinski definition) is 1. The first kappa shape index (κ1) is 18.7. The highest BCUT2D eigenvalue weighted by atomic mass is 32.2. The maximum Gasteiger partial charge on any atom is 0.320 e. The smallest absolute Gasteiger partial charge is 0.320 e. The van der Waals surface area contributed by atoms with E-state index in [0.717, 1.165) is 24.6 Å². The number of rotatable bonds is 6. The van der Waals surface area contributed by atoms with E-state index in [1.807, 2.05) is 19.9 Å². The van der Waals surface area contributed by atoms with Crippen LogP contribution in [-0.2, 0) is 0 Å². The molecule has 2 aromatic heterocycles. The Morgan fingerprint density at radius 2 is 2.15 bits per heavy atom. The zero-order chi connectivity index (χ0) is 19.6. The molecule has 2 N–H and O–H groups in total. The van der Waals surface area contributed by atoms with Crippen molar-refractivity contribution in [2.75, 3.05) is 11.5 Å². The minimum atomic E-state index is -0.450. The van der Waals surface area contributed by atoms with Crippen LogP contribution < -0.4 is 15.5 Å². The lowest BCUT2D eigenvalue weighted by atomic mass is 10.0. The standard InChI is InChI=1S/C17H17N7O2S/c1-9(2)24-7-14(26-23-24)21-13(25)8-27-17-12(6-19)15(10-3-4-10)11(5-18)16(20)22-17/h7,9-10H,3-4,8H2,1-2H3,(H2-,20,21,22,23,25). The lowest BCUT2D eigenvalue weighted by Gasteiger charge is -2.13. The Labute approximate surface area is 160 Å². The molecule has 1 aliphatic rings. The van der Waals surface area contributed by atoms with Crippen LogP contribution in [0.2, 0.25) is 0 Å². The van der Waals surface area contributed by atoms with Crippen molar-refractivity contribution in [3.8, 4) is 12.1 Å². The fourth-order valence-corrected chi connectivity index (χ4v) is 3.32. The highest BCUT2D eigenvalue weighted by molar-refractivity contribution is 7.99. The molecule has 1 fully saturated rings. The topological polar surface area (TPSA) is 152 Å². The molecule has 0 amide bonds. The van der Waals surface area contributed by atoms with E-state index < -0.39 is 5.90 Å². The summed E-state index contributed by atoms with van der Waals surface area (Å²) in [4.78, 5) is 8.01. The van der Waals surface area contributed by atoms with Gasteiger partial charge in [0.15, 0.2) is 6.04 Å². The fourth-order valence-electron chi connectivity index (χ4n) is 2.54. The summed E-state index contributed by atoms with van der Waals surface area (Å²) in [5.41, 5.74) is 7.11. The summed E-state index contributed by atoms with van der Waals surface area (Å²) in [6.45, 7) is 3.84. The van der Waals surface area contributed by atoms with E-state index in [0.29, 0.717) is 16.2 Å². The van der Waals surface area contributed by atoms with Crippen LogP contribution in [0.25, 0.3) is 0 Å². The van der Waals surface area contributed by atoms with Gasteiger partial charge in [-0.3, -0.25) is 4.52 Å². The summed E-state index contributed by atoms with van der Waals surface area (Å²) >= 11 is 1.07. The van der Waals surface area contributed by atoms with Crippen molar-refractivity contribution in [2.24, 2.45) is 4.99 Å². The second kappa shape index (κ2) is 7.64. The minimum Gasteiger partial charge on any atom is -0.861 e. The Bertz CT molecular complexity index is 980. The van der Waals surface area contributed by atoms with Gasteiger partial charge in [0.1, 0.15) is 23.0 Å². The molecule has 138 valence electrons. The molecule has 0 radical (unpaired) electrons. The number of nitriles is 2. The van der Waals surface area contributed by atoms with Gasteiger partial charge in [0.25, 0.3) is 6.20 Å². The van der Waals surface area contributed by atoms with E-state index in [1.165, 1.54) is 6.20 Å². The first-order valence-corrected chi connectivity index (χ1v) is 9.32. The van der Waals surface area contributed by atoms with Gasteiger partial charge in [0, 0.05) is 5.75 Å². The lowest BCUT2D eigenvalue weighted by Crippen LogP contribution is -2.36. The number of anilines is 1. The van der Waals surface area contributed by atoms with Crippen LogP contribution >= 0.6 is 11.8 Å². The second-order valence-electron chi connectivity index (χ2n) is 6.37. The molecule has 3 rings (SSSR count). The molecule has 1 saturated carbocycles. The first-order chi connectivity index (χ1) is 12.9. The van der Waals surface area contributed by atoms with Gasteiger partial charge in [-0.25, -0.2) is 9.98 Å². The third-order valence-electron chi connectivity index (χ3n) is 4.01. The largest absolute Gasteiger partial charge is 0.861 e. The average Bonchev–Trinajstić information content (AvgIpc) is 3.37. The van der Waals surface area contributed by atoms with Crippen molar-refractivity contribution in [1.82, 2.24) is 10.3 Å². The van der Waals surface area contributed by atoms with Crippen LogP contribution in [0.3, 0.4) is 0 Å². The normalized spacial score (nSPS) is 14.2. The van der Waals surface area contributed by atoms with Crippen LogP contribution in [-0.4, -0.2) is 21.9 Å². The van der Waals surface area contributed by atoms with Crippen LogP contribution in [0.5, 0.6) is 0 Å². The Kier molecular flexibility index (Phi) is 5.28. The molecule has 0 unspecified atom stereocenters. The molecular weight excluding hydrogens is 366 g/mol. The van der Waals surface area contributed by atoms with Crippen LogP contribution in [0.15, 0.2) is 20.7 Å².